The predicted octanol–water partition coefficient (Wildman–Crippen LogP) is 4.56. The molecule has 0 heteroatoms. The molecule has 0 spiro atoms. The van der Waals surface area contributed by atoms with E-state index in [2.05, 4.69) is 32.9 Å². The molecule has 0 bridgehead atoms. The molecule has 72 valence electrons. The van der Waals surface area contributed by atoms with Crippen LogP contribution in [0.5, 0.6) is 0 Å². The minimum Gasteiger partial charge on any atom is -0.0917 e. The van der Waals surface area contributed by atoms with Crippen molar-refractivity contribution in [1.82, 2.24) is 0 Å². The van der Waals surface area contributed by atoms with Crippen LogP contribution in [0.15, 0.2) is 12.2 Å². The molecule has 0 saturated carbocycles. The van der Waals surface area contributed by atoms with Crippen LogP contribution >= 0.6 is 0 Å². The van der Waals surface area contributed by atoms with Gasteiger partial charge in [-0.15, -0.1) is 0 Å². The van der Waals surface area contributed by atoms with Crippen molar-refractivity contribution in [3.63, 3.8) is 0 Å². The van der Waals surface area contributed by atoms with Crippen molar-refractivity contribution in [3.8, 4) is 0 Å². The molecule has 1 atom stereocenters. The molecule has 0 amide bonds. The standard InChI is InChI=1S/C12H24/c1-4-7-9-11-12(6-3)10-8-5-2/h4,7,12H,5-6,8-11H2,1-3H3/b7-4+. The first kappa shape index (κ1) is 11.7. The smallest absolute Gasteiger partial charge is 0.0348 e. The van der Waals surface area contributed by atoms with Gasteiger partial charge in [-0.3, -0.25) is 0 Å². The van der Waals surface area contributed by atoms with Crippen LogP contribution < -0.4 is 0 Å². The van der Waals surface area contributed by atoms with Gasteiger partial charge in [-0.1, -0.05) is 51.7 Å². The monoisotopic (exact) mass is 168 g/mol. The lowest BCUT2D eigenvalue weighted by molar-refractivity contribution is 0.425. The van der Waals surface area contributed by atoms with Crippen molar-refractivity contribution >= 4 is 0 Å². The van der Waals surface area contributed by atoms with E-state index in [4.69, 9.17) is 0 Å². The van der Waals surface area contributed by atoms with Gasteiger partial charge in [0.2, 0.25) is 0 Å². The summed E-state index contributed by atoms with van der Waals surface area (Å²) < 4.78 is 0. The fourth-order valence-electron chi connectivity index (χ4n) is 1.54. The van der Waals surface area contributed by atoms with E-state index >= 15 is 0 Å². The summed E-state index contributed by atoms with van der Waals surface area (Å²) >= 11 is 0. The van der Waals surface area contributed by atoms with Gasteiger partial charge in [0.15, 0.2) is 0 Å². The van der Waals surface area contributed by atoms with Crippen molar-refractivity contribution in [2.75, 3.05) is 0 Å². The lowest BCUT2D eigenvalue weighted by Crippen LogP contribution is -1.97. The SMILES string of the molecule is C/C=C/CCC(CC)CCCC. The van der Waals surface area contributed by atoms with Crippen LogP contribution in [0.1, 0.15) is 59.3 Å². The van der Waals surface area contributed by atoms with E-state index in [1.54, 1.807) is 0 Å². The van der Waals surface area contributed by atoms with E-state index in [9.17, 15) is 0 Å². The Morgan fingerprint density at radius 2 is 1.92 bits per heavy atom. The summed E-state index contributed by atoms with van der Waals surface area (Å²) in [4.78, 5) is 0. The second-order valence-corrected chi connectivity index (χ2v) is 3.56. The van der Waals surface area contributed by atoms with Crippen molar-refractivity contribution in [2.24, 2.45) is 5.92 Å². The number of unbranched alkanes of at least 4 members (excludes halogenated alkanes) is 1. The van der Waals surface area contributed by atoms with Gasteiger partial charge in [-0.25, -0.2) is 0 Å². The van der Waals surface area contributed by atoms with Gasteiger partial charge in [0.25, 0.3) is 0 Å². The number of hydrogen-bond donors (Lipinski definition) is 0. The Hall–Kier alpha value is -0.260. The first-order valence-corrected chi connectivity index (χ1v) is 5.46. The highest BCUT2D eigenvalue weighted by Gasteiger charge is 2.03. The third-order valence-electron chi connectivity index (χ3n) is 2.52. The van der Waals surface area contributed by atoms with Crippen LogP contribution in [0.2, 0.25) is 0 Å². The molecule has 0 aliphatic carbocycles. The van der Waals surface area contributed by atoms with Crippen LogP contribution in [0, 0.1) is 5.92 Å². The first-order valence-electron chi connectivity index (χ1n) is 5.46. The lowest BCUT2D eigenvalue weighted by atomic mass is 9.94. The Morgan fingerprint density at radius 1 is 1.17 bits per heavy atom. The van der Waals surface area contributed by atoms with E-state index < -0.39 is 0 Å². The molecule has 0 radical (unpaired) electrons. The molecule has 0 saturated heterocycles. The zero-order valence-corrected chi connectivity index (χ0v) is 8.97. The summed E-state index contributed by atoms with van der Waals surface area (Å²) in [5.74, 6) is 0.973. The fraction of sp³-hybridized carbons (Fsp3) is 0.833. The molecular weight excluding hydrogens is 144 g/mol. The number of allylic oxidation sites excluding steroid dienone is 2. The maximum Gasteiger partial charge on any atom is -0.0348 e. The Morgan fingerprint density at radius 3 is 2.42 bits per heavy atom. The van der Waals surface area contributed by atoms with E-state index in [1.165, 1.54) is 38.5 Å². The van der Waals surface area contributed by atoms with Crippen LogP contribution in [0.25, 0.3) is 0 Å². The number of rotatable bonds is 7. The normalized spacial score (nSPS) is 13.9. The molecule has 0 heterocycles. The van der Waals surface area contributed by atoms with Crippen molar-refractivity contribution in [1.29, 1.82) is 0 Å². The van der Waals surface area contributed by atoms with Crippen LogP contribution in [0.4, 0.5) is 0 Å². The van der Waals surface area contributed by atoms with Crippen molar-refractivity contribution < 1.29 is 0 Å². The minimum absolute atomic E-state index is 0.973. The van der Waals surface area contributed by atoms with Gasteiger partial charge < -0.3 is 0 Å². The quantitative estimate of drug-likeness (QED) is 0.489. The second kappa shape index (κ2) is 8.83. The third-order valence-corrected chi connectivity index (χ3v) is 2.52. The highest BCUT2D eigenvalue weighted by molar-refractivity contribution is 4.77. The Kier molecular flexibility index (Phi) is 8.64. The summed E-state index contributed by atoms with van der Waals surface area (Å²) in [6, 6.07) is 0. The molecule has 1 unspecified atom stereocenters. The zero-order chi connectivity index (χ0) is 9.23. The van der Waals surface area contributed by atoms with Crippen LogP contribution in [-0.2, 0) is 0 Å². The van der Waals surface area contributed by atoms with Crippen LogP contribution in [-0.4, -0.2) is 0 Å². The van der Waals surface area contributed by atoms with Crippen molar-refractivity contribution in [2.45, 2.75) is 59.3 Å². The molecular formula is C12H24. The topological polar surface area (TPSA) is 0 Å². The highest BCUT2D eigenvalue weighted by Crippen LogP contribution is 2.18. The van der Waals surface area contributed by atoms with E-state index in [0.717, 1.165) is 5.92 Å². The fourth-order valence-corrected chi connectivity index (χ4v) is 1.54. The molecule has 0 aromatic heterocycles. The van der Waals surface area contributed by atoms with Gasteiger partial charge in [0.05, 0.1) is 0 Å². The van der Waals surface area contributed by atoms with Gasteiger partial charge in [-0.2, -0.15) is 0 Å². The van der Waals surface area contributed by atoms with Gasteiger partial charge >= 0.3 is 0 Å². The molecule has 0 N–H and O–H groups in total. The Balaban J connectivity index is 3.39. The third kappa shape index (κ3) is 6.45. The van der Waals surface area contributed by atoms with E-state index in [-0.39, 0.29) is 0 Å². The lowest BCUT2D eigenvalue weighted by Gasteiger charge is -2.12. The molecule has 0 aromatic rings. The Bertz CT molecular complexity index is 103. The molecule has 0 fully saturated rings. The molecule has 0 aromatic carbocycles. The molecule has 0 aliphatic heterocycles. The maximum absolute atomic E-state index is 2.32. The first-order chi connectivity index (χ1) is 5.85. The average Bonchev–Trinajstić information content (AvgIpc) is 2.11. The number of hydrogen-bond acceptors (Lipinski definition) is 0. The maximum atomic E-state index is 2.32. The van der Waals surface area contributed by atoms with Crippen molar-refractivity contribution in [3.05, 3.63) is 12.2 Å². The van der Waals surface area contributed by atoms with Gasteiger partial charge in [0.1, 0.15) is 0 Å². The second-order valence-electron chi connectivity index (χ2n) is 3.56. The summed E-state index contributed by atoms with van der Waals surface area (Å²) in [5, 5.41) is 0. The Labute approximate surface area is 78.1 Å². The summed E-state index contributed by atoms with van der Waals surface area (Å²) in [5.41, 5.74) is 0. The summed E-state index contributed by atoms with van der Waals surface area (Å²) in [7, 11) is 0. The average molecular weight is 168 g/mol. The predicted molar refractivity (Wildman–Crippen MR) is 57.4 cm³/mol. The van der Waals surface area contributed by atoms with Crippen LogP contribution in [0.3, 0.4) is 0 Å². The van der Waals surface area contributed by atoms with Gasteiger partial charge in [0, 0.05) is 0 Å². The molecule has 0 rings (SSSR count). The molecule has 0 nitrogen and oxygen atoms in total. The largest absolute Gasteiger partial charge is 0.0917 e. The summed E-state index contributed by atoms with van der Waals surface area (Å²) in [6.07, 6.45) is 12.7. The van der Waals surface area contributed by atoms with E-state index in [1.807, 2.05) is 0 Å². The molecule has 12 heavy (non-hydrogen) atoms. The van der Waals surface area contributed by atoms with E-state index in [0.29, 0.717) is 0 Å². The zero-order valence-electron chi connectivity index (χ0n) is 8.97. The van der Waals surface area contributed by atoms with Gasteiger partial charge in [-0.05, 0) is 25.7 Å². The highest BCUT2D eigenvalue weighted by atomic mass is 14.1. The minimum atomic E-state index is 0.973. The molecule has 0 aliphatic rings. The summed E-state index contributed by atoms with van der Waals surface area (Å²) in [6.45, 7) is 6.70.